The quantitative estimate of drug-likeness (QED) is 0.426. The summed E-state index contributed by atoms with van der Waals surface area (Å²) >= 11 is 0. The molecule has 0 saturated heterocycles. The molecule has 2 heteroatoms. The van der Waals surface area contributed by atoms with Crippen LogP contribution in [0, 0.1) is 36.5 Å². The molecule has 1 nitrogen and oxygen atoms in total. The van der Waals surface area contributed by atoms with Crippen LogP contribution in [-0.4, -0.2) is 8.07 Å². The third kappa shape index (κ3) is 3.68. The molecule has 0 bridgehead atoms. The fourth-order valence-electron chi connectivity index (χ4n) is 3.91. The molecule has 0 aliphatic heterocycles. The number of allylic oxidation sites excluding steroid dienone is 2. The van der Waals surface area contributed by atoms with Crippen LogP contribution < -0.4 is 14.6 Å². The minimum absolute atomic E-state index is 0.530. The number of benzene rings is 1. The van der Waals surface area contributed by atoms with Crippen LogP contribution in [0.4, 0.5) is 0 Å². The Hall–Kier alpha value is -2.06. The first-order valence-electron chi connectivity index (χ1n) is 10.0. The van der Waals surface area contributed by atoms with Gasteiger partial charge in [0.2, 0.25) is 5.35 Å². The van der Waals surface area contributed by atoms with E-state index in [1.165, 1.54) is 37.7 Å². The van der Waals surface area contributed by atoms with E-state index in [1.807, 2.05) is 0 Å². The number of hydrogen-bond donors (Lipinski definition) is 0. The van der Waals surface area contributed by atoms with Gasteiger partial charge >= 0.3 is 0 Å². The van der Waals surface area contributed by atoms with E-state index in [1.54, 1.807) is 0 Å². The summed E-state index contributed by atoms with van der Waals surface area (Å²) in [5, 5.41) is 5.36. The van der Waals surface area contributed by atoms with E-state index in [2.05, 4.69) is 107 Å². The van der Waals surface area contributed by atoms with E-state index < -0.39 is 8.07 Å². The number of hydrogen-bond acceptors (Lipinski definition) is 0. The van der Waals surface area contributed by atoms with Crippen molar-refractivity contribution >= 4 is 19.3 Å². The Morgan fingerprint density at radius 3 is 2.44 bits per heavy atom. The highest BCUT2D eigenvalue weighted by molar-refractivity contribution is 6.89. The second-order valence-electron chi connectivity index (χ2n) is 9.26. The molecule has 1 aliphatic rings. The maximum atomic E-state index is 4.40. The highest BCUT2D eigenvalue weighted by atomic mass is 28.3. The van der Waals surface area contributed by atoms with Crippen LogP contribution >= 0.6 is 0 Å². The van der Waals surface area contributed by atoms with E-state index in [0.29, 0.717) is 11.8 Å². The van der Waals surface area contributed by atoms with Crippen LogP contribution in [0.2, 0.25) is 19.6 Å². The Morgan fingerprint density at radius 2 is 1.81 bits per heavy atom. The van der Waals surface area contributed by atoms with Crippen LogP contribution in [0.3, 0.4) is 0 Å². The van der Waals surface area contributed by atoms with Gasteiger partial charge in [-0.15, -0.1) is 42.3 Å². The number of rotatable bonds is 3. The average molecular weight is 376 g/mol. The Labute approximate surface area is 165 Å². The molecule has 1 aliphatic carbocycles. The van der Waals surface area contributed by atoms with Gasteiger partial charge in [0.05, 0.1) is 8.07 Å². The van der Waals surface area contributed by atoms with Crippen LogP contribution in [0.5, 0.6) is 0 Å². The first-order valence-corrected chi connectivity index (χ1v) is 13.5. The zero-order valence-corrected chi connectivity index (χ0v) is 18.9. The third-order valence-electron chi connectivity index (χ3n) is 5.89. The zero-order chi connectivity index (χ0) is 19.9. The highest BCUT2D eigenvalue weighted by Crippen LogP contribution is 2.24. The minimum Gasteiger partial charge on any atom is -0.174 e. The van der Waals surface area contributed by atoms with Crippen molar-refractivity contribution in [3.8, 4) is 0 Å². The van der Waals surface area contributed by atoms with Crippen LogP contribution in [-0.2, 0) is 0 Å². The Balaban J connectivity index is 2.56. The second-order valence-corrected chi connectivity index (χ2v) is 14.3. The van der Waals surface area contributed by atoms with Crippen molar-refractivity contribution in [3.63, 3.8) is 0 Å². The average Bonchev–Trinajstić information content (AvgIpc) is 2.60. The fraction of sp³-hybridized carbons (Fsp3) is 0.360. The zero-order valence-electron chi connectivity index (χ0n) is 17.9. The van der Waals surface area contributed by atoms with E-state index >= 15 is 0 Å². The molecule has 0 fully saturated rings. The minimum atomic E-state index is -1.47. The van der Waals surface area contributed by atoms with Crippen molar-refractivity contribution < 1.29 is 4.24 Å². The van der Waals surface area contributed by atoms with Gasteiger partial charge in [-0.1, -0.05) is 51.2 Å². The van der Waals surface area contributed by atoms with E-state index in [4.69, 9.17) is 0 Å². The Morgan fingerprint density at radius 1 is 1.11 bits per heavy atom. The maximum absolute atomic E-state index is 4.40. The summed E-state index contributed by atoms with van der Waals surface area (Å²) in [5.41, 5.74) is 4.09. The summed E-state index contributed by atoms with van der Waals surface area (Å²) in [4.78, 5) is 0. The van der Waals surface area contributed by atoms with Crippen molar-refractivity contribution in [2.45, 2.75) is 53.3 Å². The monoisotopic (exact) mass is 375 g/mol. The van der Waals surface area contributed by atoms with Gasteiger partial charge in [-0.25, -0.2) is 0 Å². The van der Waals surface area contributed by atoms with Crippen molar-refractivity contribution in [3.05, 3.63) is 82.2 Å². The van der Waals surface area contributed by atoms with Gasteiger partial charge in [-0.3, -0.25) is 0 Å². The van der Waals surface area contributed by atoms with Gasteiger partial charge in [0, 0.05) is 16.5 Å². The molecule has 3 rings (SSSR count). The Kier molecular flexibility index (Phi) is 5.22. The lowest BCUT2D eigenvalue weighted by Crippen LogP contribution is -2.45. The molecular weight excluding hydrogens is 342 g/mol. The second kappa shape index (κ2) is 7.16. The fourth-order valence-corrected chi connectivity index (χ4v) is 5.62. The lowest BCUT2D eigenvalue weighted by molar-refractivity contribution is -0.509. The molecule has 0 radical (unpaired) electrons. The molecule has 2 aromatic rings. The van der Waals surface area contributed by atoms with Gasteiger partial charge in [-0.05, 0) is 24.3 Å². The standard InChI is InChI=1S/C25H33NSi/c1-17(2)19(4)22-15-23(26(5)16-24(22)27(6,7)8)25-18(3)13-14-20-11-9-10-12-21(20)25/h9-17,19H,5H2,1-4,6-8H3. The van der Waals surface area contributed by atoms with Crippen LogP contribution in [0.25, 0.3) is 6.08 Å². The maximum Gasteiger partial charge on any atom is 0.209 e. The number of aromatic nitrogens is 1. The molecule has 1 heterocycles. The van der Waals surface area contributed by atoms with Gasteiger partial charge in [0.25, 0.3) is 0 Å². The SMILES string of the molecule is C=[n+]1cc([Si](C)(C)C)c(C(C)C(C)C)cc1=c1c(C)ccc2c1=CC=C[CH-]2. The van der Waals surface area contributed by atoms with Crippen LogP contribution in [0.15, 0.2) is 36.5 Å². The summed E-state index contributed by atoms with van der Waals surface area (Å²) in [6, 6.07) is 6.88. The lowest BCUT2D eigenvalue weighted by Gasteiger charge is -2.24. The molecule has 1 aromatic carbocycles. The molecule has 27 heavy (non-hydrogen) atoms. The number of aryl methyl sites for hydroxylation is 1. The van der Waals surface area contributed by atoms with Crippen molar-refractivity contribution in [1.82, 2.24) is 0 Å². The predicted octanol–water partition coefficient (Wildman–Crippen LogP) is 4.42. The predicted molar refractivity (Wildman–Crippen MR) is 119 cm³/mol. The summed E-state index contributed by atoms with van der Waals surface area (Å²) in [6.45, 7) is 20.9. The lowest BCUT2D eigenvalue weighted by atomic mass is 9.90. The first-order chi connectivity index (χ1) is 12.6. The number of pyridine rings is 1. The largest absolute Gasteiger partial charge is 0.209 e. The molecule has 1 aromatic heterocycles. The van der Waals surface area contributed by atoms with Crippen molar-refractivity contribution in [1.29, 1.82) is 0 Å². The molecule has 0 spiro atoms. The third-order valence-corrected chi connectivity index (χ3v) is 7.92. The van der Waals surface area contributed by atoms with E-state index in [0.717, 1.165) is 0 Å². The normalized spacial score (nSPS) is 15.9. The van der Waals surface area contributed by atoms with Gasteiger partial charge in [-0.2, -0.15) is 4.24 Å². The van der Waals surface area contributed by atoms with E-state index in [9.17, 15) is 0 Å². The number of fused-ring (bicyclic) bond motifs is 1. The van der Waals surface area contributed by atoms with Crippen LogP contribution in [0.1, 0.15) is 43.4 Å². The molecule has 0 saturated carbocycles. The summed E-state index contributed by atoms with van der Waals surface area (Å²) in [6.07, 6.45) is 11.0. The van der Waals surface area contributed by atoms with Gasteiger partial charge in [0.1, 0.15) is 6.72 Å². The highest BCUT2D eigenvalue weighted by Gasteiger charge is 2.27. The topological polar surface area (TPSA) is 5.90 Å². The summed E-state index contributed by atoms with van der Waals surface area (Å²) in [5.74, 6) is 1.14. The molecule has 1 atom stereocenters. The Bertz CT molecular complexity index is 1100. The van der Waals surface area contributed by atoms with Crippen molar-refractivity contribution in [2.75, 3.05) is 0 Å². The van der Waals surface area contributed by atoms with Gasteiger partial charge in [0.15, 0.2) is 6.20 Å². The van der Waals surface area contributed by atoms with Crippen molar-refractivity contribution in [2.24, 2.45) is 5.92 Å². The van der Waals surface area contributed by atoms with Gasteiger partial charge < -0.3 is 0 Å². The van der Waals surface area contributed by atoms with E-state index in [-0.39, 0.29) is 0 Å². The summed E-state index contributed by atoms with van der Waals surface area (Å²) in [7, 11) is -1.47. The number of nitrogens with zero attached hydrogens (tertiary/aromatic N) is 1. The first kappa shape index (κ1) is 19.7. The molecule has 142 valence electrons. The smallest absolute Gasteiger partial charge is 0.174 e. The summed E-state index contributed by atoms with van der Waals surface area (Å²) < 4.78 is 2.11. The molecule has 0 amide bonds. The molecular formula is C25H33NSi. The molecule has 1 unspecified atom stereocenters. The molecule has 0 N–H and O–H groups in total.